The summed E-state index contributed by atoms with van der Waals surface area (Å²) in [5, 5.41) is 1.13. The van der Waals surface area contributed by atoms with E-state index >= 15 is 0 Å². The number of likely N-dealkylation sites (tertiary alicyclic amines) is 1. The van der Waals surface area contributed by atoms with E-state index in [4.69, 9.17) is 32.7 Å². The number of amides is 1. The van der Waals surface area contributed by atoms with E-state index < -0.39 is 5.60 Å². The van der Waals surface area contributed by atoms with Crippen LogP contribution in [-0.2, 0) is 20.8 Å². The highest BCUT2D eigenvalue weighted by molar-refractivity contribution is 6.35. The highest BCUT2D eigenvalue weighted by atomic mass is 35.5. The lowest BCUT2D eigenvalue weighted by Crippen LogP contribution is -2.49. The molecule has 8 heteroatoms. The average Bonchev–Trinajstić information content (AvgIpc) is 2.61. The maximum atomic E-state index is 12.3. The van der Waals surface area contributed by atoms with Crippen LogP contribution in [0, 0.1) is 0 Å². The van der Waals surface area contributed by atoms with Crippen molar-refractivity contribution in [1.29, 1.82) is 0 Å². The van der Waals surface area contributed by atoms with E-state index in [-0.39, 0.29) is 24.6 Å². The van der Waals surface area contributed by atoms with Gasteiger partial charge in [0.25, 0.3) is 0 Å². The van der Waals surface area contributed by atoms with E-state index in [1.807, 2.05) is 31.7 Å². The average molecular weight is 431 g/mol. The summed E-state index contributed by atoms with van der Waals surface area (Å²) in [7, 11) is 1.38. The predicted molar refractivity (Wildman–Crippen MR) is 110 cm³/mol. The number of piperidine rings is 1. The molecule has 0 unspecified atom stereocenters. The smallest absolute Gasteiger partial charge is 0.410 e. The van der Waals surface area contributed by atoms with Crippen molar-refractivity contribution in [2.24, 2.45) is 0 Å². The highest BCUT2D eigenvalue weighted by Crippen LogP contribution is 2.25. The number of nitrogens with zero attached hydrogens (tertiary/aromatic N) is 2. The second-order valence-corrected chi connectivity index (χ2v) is 8.76. The quantitative estimate of drug-likeness (QED) is 0.649. The number of benzene rings is 1. The molecule has 1 heterocycles. The molecule has 0 atom stereocenters. The Morgan fingerprint density at radius 1 is 1.21 bits per heavy atom. The predicted octanol–water partition coefficient (Wildman–Crippen LogP) is 4.37. The molecule has 1 fully saturated rings. The van der Waals surface area contributed by atoms with Crippen LogP contribution in [0.4, 0.5) is 4.79 Å². The molecular formula is C20H28Cl2N2O4. The minimum absolute atomic E-state index is 0.129. The normalized spacial score (nSPS) is 15.6. The summed E-state index contributed by atoms with van der Waals surface area (Å²) < 4.78 is 10.3. The molecule has 6 nitrogen and oxygen atoms in total. The molecule has 1 aliphatic rings. The molecule has 1 aromatic carbocycles. The van der Waals surface area contributed by atoms with E-state index in [1.54, 1.807) is 17.0 Å². The molecule has 0 aromatic heterocycles. The van der Waals surface area contributed by atoms with Gasteiger partial charge in [-0.1, -0.05) is 29.3 Å². The van der Waals surface area contributed by atoms with Crippen molar-refractivity contribution >= 4 is 35.3 Å². The molecule has 156 valence electrons. The number of hydrogen-bond acceptors (Lipinski definition) is 5. The zero-order chi connectivity index (χ0) is 20.9. The molecule has 1 saturated heterocycles. The van der Waals surface area contributed by atoms with Crippen molar-refractivity contribution in [3.8, 4) is 0 Å². The molecule has 2 rings (SSSR count). The molecule has 0 radical (unpaired) electrons. The second kappa shape index (κ2) is 9.81. The first-order valence-corrected chi connectivity index (χ1v) is 10.1. The van der Waals surface area contributed by atoms with Crippen molar-refractivity contribution in [1.82, 2.24) is 9.80 Å². The Morgan fingerprint density at radius 2 is 1.86 bits per heavy atom. The molecule has 0 saturated carbocycles. The molecule has 0 spiro atoms. The number of methoxy groups -OCH3 is 1. The van der Waals surface area contributed by atoms with Crippen LogP contribution in [-0.4, -0.2) is 60.2 Å². The van der Waals surface area contributed by atoms with Gasteiger partial charge in [0.15, 0.2) is 0 Å². The molecule has 1 aromatic rings. The molecule has 28 heavy (non-hydrogen) atoms. The van der Waals surface area contributed by atoms with Crippen LogP contribution in [0.1, 0.15) is 39.2 Å². The summed E-state index contributed by atoms with van der Waals surface area (Å²) in [6.07, 6.45) is 1.18. The first kappa shape index (κ1) is 22.8. The largest absolute Gasteiger partial charge is 0.468 e. The molecule has 0 N–H and O–H groups in total. The van der Waals surface area contributed by atoms with Crippen molar-refractivity contribution in [2.75, 3.05) is 26.7 Å². The third-order valence-electron chi connectivity index (χ3n) is 4.58. The summed E-state index contributed by atoms with van der Waals surface area (Å²) in [5.74, 6) is -0.306. The Labute approximate surface area is 176 Å². The molecule has 1 aliphatic heterocycles. The van der Waals surface area contributed by atoms with Gasteiger partial charge < -0.3 is 14.4 Å². The molecule has 0 aliphatic carbocycles. The van der Waals surface area contributed by atoms with E-state index in [0.29, 0.717) is 29.7 Å². The number of halogens is 2. The Kier molecular flexibility index (Phi) is 7.98. The van der Waals surface area contributed by atoms with Crippen LogP contribution in [0.25, 0.3) is 0 Å². The van der Waals surface area contributed by atoms with Crippen molar-refractivity contribution in [3.05, 3.63) is 33.8 Å². The van der Waals surface area contributed by atoms with E-state index in [2.05, 4.69) is 0 Å². The number of carbonyl (C=O) groups is 2. The molecule has 0 bridgehead atoms. The van der Waals surface area contributed by atoms with Crippen molar-refractivity contribution < 1.29 is 19.1 Å². The van der Waals surface area contributed by atoms with Crippen LogP contribution in [0.5, 0.6) is 0 Å². The van der Waals surface area contributed by atoms with Gasteiger partial charge in [0.2, 0.25) is 0 Å². The van der Waals surface area contributed by atoms with Crippen LogP contribution in [0.15, 0.2) is 18.2 Å². The summed E-state index contributed by atoms with van der Waals surface area (Å²) in [4.78, 5) is 28.0. The van der Waals surface area contributed by atoms with E-state index in [0.717, 1.165) is 18.4 Å². The monoisotopic (exact) mass is 430 g/mol. The van der Waals surface area contributed by atoms with Crippen LogP contribution in [0.3, 0.4) is 0 Å². The number of rotatable bonds is 5. The Balaban J connectivity index is 2.04. The van der Waals surface area contributed by atoms with Gasteiger partial charge in [0, 0.05) is 35.7 Å². The first-order valence-electron chi connectivity index (χ1n) is 9.32. The van der Waals surface area contributed by atoms with Gasteiger partial charge in [-0.25, -0.2) is 4.79 Å². The summed E-state index contributed by atoms with van der Waals surface area (Å²) in [5.41, 5.74) is 0.375. The maximum absolute atomic E-state index is 12.3. The lowest BCUT2D eigenvalue weighted by molar-refractivity contribution is -0.143. The van der Waals surface area contributed by atoms with Gasteiger partial charge in [-0.3, -0.25) is 9.69 Å². The lowest BCUT2D eigenvalue weighted by Gasteiger charge is -2.38. The second-order valence-electron chi connectivity index (χ2n) is 7.92. The number of esters is 1. The summed E-state index contributed by atoms with van der Waals surface area (Å²) in [6.45, 7) is 7.37. The summed E-state index contributed by atoms with van der Waals surface area (Å²) in [6, 6.07) is 5.47. The van der Waals surface area contributed by atoms with Gasteiger partial charge in [0.05, 0.1) is 13.7 Å². The Hall–Kier alpha value is -1.50. The van der Waals surface area contributed by atoms with Gasteiger partial charge in [-0.2, -0.15) is 0 Å². The van der Waals surface area contributed by atoms with Crippen LogP contribution >= 0.6 is 23.2 Å². The highest BCUT2D eigenvalue weighted by Gasteiger charge is 2.30. The summed E-state index contributed by atoms with van der Waals surface area (Å²) >= 11 is 12.3. The fourth-order valence-electron chi connectivity index (χ4n) is 3.15. The van der Waals surface area contributed by atoms with Crippen LogP contribution in [0.2, 0.25) is 10.0 Å². The Bertz CT molecular complexity index is 698. The van der Waals surface area contributed by atoms with Crippen LogP contribution < -0.4 is 0 Å². The number of carbonyl (C=O) groups excluding carboxylic acids is 2. The van der Waals surface area contributed by atoms with E-state index in [9.17, 15) is 9.59 Å². The van der Waals surface area contributed by atoms with Gasteiger partial charge >= 0.3 is 12.1 Å². The van der Waals surface area contributed by atoms with Crippen molar-refractivity contribution in [2.45, 2.75) is 51.8 Å². The SMILES string of the molecule is COC(=O)CN(Cc1ccc(Cl)cc1Cl)C1CCN(C(=O)OC(C)(C)C)CC1. The fourth-order valence-corrected chi connectivity index (χ4v) is 3.62. The minimum atomic E-state index is -0.518. The molecular weight excluding hydrogens is 403 g/mol. The topological polar surface area (TPSA) is 59.1 Å². The van der Waals surface area contributed by atoms with Gasteiger partial charge in [-0.05, 0) is 51.3 Å². The van der Waals surface area contributed by atoms with Gasteiger partial charge in [-0.15, -0.1) is 0 Å². The zero-order valence-electron chi connectivity index (χ0n) is 16.8. The van der Waals surface area contributed by atoms with E-state index in [1.165, 1.54) is 7.11 Å². The number of hydrogen-bond donors (Lipinski definition) is 0. The lowest BCUT2D eigenvalue weighted by atomic mass is 10.0. The third kappa shape index (κ3) is 6.83. The standard InChI is InChI=1S/C20H28Cl2N2O4/c1-20(2,3)28-19(26)23-9-7-16(8-10-23)24(13-18(25)27-4)12-14-5-6-15(21)11-17(14)22/h5-6,11,16H,7-10,12-13H2,1-4H3. The van der Waals surface area contributed by atoms with Gasteiger partial charge in [0.1, 0.15) is 5.60 Å². The maximum Gasteiger partial charge on any atom is 0.410 e. The fraction of sp³-hybridized carbons (Fsp3) is 0.600. The molecule has 1 amide bonds. The number of ether oxygens (including phenoxy) is 2. The third-order valence-corrected chi connectivity index (χ3v) is 5.17. The van der Waals surface area contributed by atoms with Crippen molar-refractivity contribution in [3.63, 3.8) is 0 Å². The zero-order valence-corrected chi connectivity index (χ0v) is 18.3. The first-order chi connectivity index (χ1) is 13.1. The minimum Gasteiger partial charge on any atom is -0.468 e. The Morgan fingerprint density at radius 3 is 2.39 bits per heavy atom.